The van der Waals surface area contributed by atoms with Crippen LogP contribution in [0.25, 0.3) is 0 Å². The Morgan fingerprint density at radius 1 is 1.12 bits per heavy atom. The van der Waals surface area contributed by atoms with Crippen LogP contribution in [0.4, 0.5) is 5.69 Å². The maximum atomic E-state index is 12.4. The van der Waals surface area contributed by atoms with Crippen LogP contribution in [0.5, 0.6) is 0 Å². The molecule has 1 amide bonds. The highest BCUT2D eigenvalue weighted by atomic mass is 35.5. The molecule has 0 aliphatic carbocycles. The minimum atomic E-state index is -0.671. The summed E-state index contributed by atoms with van der Waals surface area (Å²) in [5.74, 6) is -0.138. The fourth-order valence-electron chi connectivity index (χ4n) is 2.37. The highest BCUT2D eigenvalue weighted by Gasteiger charge is 2.24. The number of para-hydroxylation sites is 1. The van der Waals surface area contributed by atoms with E-state index in [1.807, 2.05) is 24.3 Å². The molecule has 2 aromatic carbocycles. The van der Waals surface area contributed by atoms with Crippen molar-refractivity contribution in [1.29, 1.82) is 0 Å². The maximum absolute atomic E-state index is 12.4. The third kappa shape index (κ3) is 3.53. The summed E-state index contributed by atoms with van der Waals surface area (Å²) in [5.41, 5.74) is 0.988. The van der Waals surface area contributed by atoms with Gasteiger partial charge in [-0.3, -0.25) is 4.79 Å². The monoisotopic (exact) mass is 381 g/mol. The predicted octanol–water partition coefficient (Wildman–Crippen LogP) is 4.29. The average molecular weight is 382 g/mol. The standard InChI is InChI=1S/C17H13Cl2NO3S/c18-12-5-3-4-11(16(12)19)17(22)23-10-15(21)20-8-9-24-14-7-2-1-6-13(14)20/h1-7H,8-10H2. The van der Waals surface area contributed by atoms with E-state index in [9.17, 15) is 9.59 Å². The molecule has 7 heteroatoms. The number of nitrogens with zero attached hydrogens (tertiary/aromatic N) is 1. The summed E-state index contributed by atoms with van der Waals surface area (Å²) >= 11 is 13.6. The molecular weight excluding hydrogens is 369 g/mol. The van der Waals surface area contributed by atoms with Gasteiger partial charge in [0.2, 0.25) is 0 Å². The molecule has 0 radical (unpaired) electrons. The average Bonchev–Trinajstić information content (AvgIpc) is 2.61. The molecule has 0 saturated carbocycles. The van der Waals surface area contributed by atoms with Crippen molar-refractivity contribution in [1.82, 2.24) is 0 Å². The Labute approximate surface area is 153 Å². The molecule has 0 unspecified atom stereocenters. The second-order valence-corrected chi connectivity index (χ2v) is 6.96. The quantitative estimate of drug-likeness (QED) is 0.743. The summed E-state index contributed by atoms with van der Waals surface area (Å²) in [5, 5.41) is 0.385. The van der Waals surface area contributed by atoms with Gasteiger partial charge in [0.25, 0.3) is 5.91 Å². The number of anilines is 1. The van der Waals surface area contributed by atoms with Crippen molar-refractivity contribution < 1.29 is 14.3 Å². The molecule has 0 saturated heterocycles. The van der Waals surface area contributed by atoms with E-state index in [0.29, 0.717) is 6.54 Å². The van der Waals surface area contributed by atoms with Crippen molar-refractivity contribution in [2.75, 3.05) is 23.8 Å². The Balaban J connectivity index is 1.68. The Hall–Kier alpha value is -1.69. The van der Waals surface area contributed by atoms with Gasteiger partial charge < -0.3 is 9.64 Å². The lowest BCUT2D eigenvalue weighted by molar-refractivity contribution is -0.121. The number of ether oxygens (including phenoxy) is 1. The van der Waals surface area contributed by atoms with Crippen molar-refractivity contribution in [3.63, 3.8) is 0 Å². The van der Waals surface area contributed by atoms with E-state index in [2.05, 4.69) is 0 Å². The van der Waals surface area contributed by atoms with Gasteiger partial charge in [-0.15, -0.1) is 11.8 Å². The molecule has 3 rings (SSSR count). The van der Waals surface area contributed by atoms with Gasteiger partial charge in [-0.2, -0.15) is 0 Å². The number of rotatable bonds is 3. The first kappa shape index (κ1) is 17.1. The number of esters is 1. The van der Waals surface area contributed by atoms with Crippen molar-refractivity contribution in [3.8, 4) is 0 Å². The molecule has 0 N–H and O–H groups in total. The molecule has 0 spiro atoms. The first-order chi connectivity index (χ1) is 11.6. The first-order valence-electron chi connectivity index (χ1n) is 7.21. The van der Waals surface area contributed by atoms with Gasteiger partial charge in [-0.05, 0) is 24.3 Å². The molecule has 2 aromatic rings. The van der Waals surface area contributed by atoms with Crippen LogP contribution in [0.15, 0.2) is 47.4 Å². The fraction of sp³-hybridized carbons (Fsp3) is 0.176. The van der Waals surface area contributed by atoms with Crippen LogP contribution in [0, 0.1) is 0 Å². The number of carbonyl (C=O) groups is 2. The summed E-state index contributed by atoms with van der Waals surface area (Å²) < 4.78 is 5.11. The maximum Gasteiger partial charge on any atom is 0.340 e. The molecular formula is C17H13Cl2NO3S. The number of carbonyl (C=O) groups excluding carboxylic acids is 2. The van der Waals surface area contributed by atoms with Crippen molar-refractivity contribution in [2.24, 2.45) is 0 Å². The van der Waals surface area contributed by atoms with Crippen molar-refractivity contribution >= 4 is 52.5 Å². The fourth-order valence-corrected chi connectivity index (χ4v) is 3.75. The van der Waals surface area contributed by atoms with Crippen LogP contribution in [-0.2, 0) is 9.53 Å². The third-order valence-electron chi connectivity index (χ3n) is 3.53. The van der Waals surface area contributed by atoms with Crippen LogP contribution < -0.4 is 4.90 Å². The Bertz CT molecular complexity index is 797. The Kier molecular flexibility index (Phi) is 5.33. The van der Waals surface area contributed by atoms with E-state index < -0.39 is 5.97 Å². The normalized spacial score (nSPS) is 13.3. The van der Waals surface area contributed by atoms with Crippen LogP contribution in [0.3, 0.4) is 0 Å². The molecule has 4 nitrogen and oxygen atoms in total. The minimum Gasteiger partial charge on any atom is -0.452 e. The predicted molar refractivity (Wildman–Crippen MR) is 96.3 cm³/mol. The second-order valence-electron chi connectivity index (χ2n) is 5.04. The molecule has 0 aromatic heterocycles. The van der Waals surface area contributed by atoms with Crippen molar-refractivity contribution in [3.05, 3.63) is 58.1 Å². The lowest BCUT2D eigenvalue weighted by atomic mass is 10.2. The smallest absolute Gasteiger partial charge is 0.340 e. The molecule has 0 fully saturated rings. The molecule has 124 valence electrons. The number of hydrogen-bond acceptors (Lipinski definition) is 4. The van der Waals surface area contributed by atoms with Crippen LogP contribution in [0.2, 0.25) is 10.0 Å². The molecule has 24 heavy (non-hydrogen) atoms. The van der Waals surface area contributed by atoms with E-state index in [4.69, 9.17) is 27.9 Å². The molecule has 0 atom stereocenters. The van der Waals surface area contributed by atoms with Gasteiger partial charge in [0.05, 0.1) is 21.3 Å². The third-order valence-corrected chi connectivity index (χ3v) is 5.39. The zero-order chi connectivity index (χ0) is 17.1. The van der Waals surface area contributed by atoms with Gasteiger partial charge >= 0.3 is 5.97 Å². The number of halogens is 2. The summed E-state index contributed by atoms with van der Waals surface area (Å²) in [6.07, 6.45) is 0. The summed E-state index contributed by atoms with van der Waals surface area (Å²) in [6, 6.07) is 12.3. The van der Waals surface area contributed by atoms with E-state index in [-0.39, 0.29) is 28.1 Å². The second kappa shape index (κ2) is 7.47. The zero-order valence-electron chi connectivity index (χ0n) is 12.5. The SMILES string of the molecule is O=C(OCC(=O)N1CCSc2ccccc21)c1cccc(Cl)c1Cl. The Morgan fingerprint density at radius 2 is 1.92 bits per heavy atom. The number of fused-ring (bicyclic) bond motifs is 1. The first-order valence-corrected chi connectivity index (χ1v) is 8.95. The summed E-state index contributed by atoms with van der Waals surface area (Å²) in [7, 11) is 0. The van der Waals surface area contributed by atoms with E-state index in [1.54, 1.807) is 28.8 Å². The van der Waals surface area contributed by atoms with Gasteiger partial charge in [0.1, 0.15) is 0 Å². The van der Waals surface area contributed by atoms with Gasteiger partial charge in [-0.25, -0.2) is 4.79 Å². The van der Waals surface area contributed by atoms with Gasteiger partial charge in [0.15, 0.2) is 6.61 Å². The van der Waals surface area contributed by atoms with E-state index in [1.165, 1.54) is 6.07 Å². The topological polar surface area (TPSA) is 46.6 Å². The van der Waals surface area contributed by atoms with Gasteiger partial charge in [0, 0.05) is 17.2 Å². The van der Waals surface area contributed by atoms with E-state index in [0.717, 1.165) is 16.3 Å². The van der Waals surface area contributed by atoms with Crippen LogP contribution in [0.1, 0.15) is 10.4 Å². The Morgan fingerprint density at radius 3 is 2.75 bits per heavy atom. The number of hydrogen-bond donors (Lipinski definition) is 0. The summed E-state index contributed by atoms with van der Waals surface area (Å²) in [6.45, 7) is 0.233. The number of amides is 1. The van der Waals surface area contributed by atoms with Crippen molar-refractivity contribution in [2.45, 2.75) is 4.90 Å². The van der Waals surface area contributed by atoms with E-state index >= 15 is 0 Å². The summed E-state index contributed by atoms with van der Waals surface area (Å²) in [4.78, 5) is 27.2. The van der Waals surface area contributed by atoms with Crippen LogP contribution >= 0.6 is 35.0 Å². The van der Waals surface area contributed by atoms with Crippen LogP contribution in [-0.4, -0.2) is 30.8 Å². The van der Waals surface area contributed by atoms with Gasteiger partial charge in [-0.1, -0.05) is 41.4 Å². The highest BCUT2D eigenvalue weighted by Crippen LogP contribution is 2.34. The molecule has 1 aliphatic heterocycles. The molecule has 1 heterocycles. The molecule has 0 bridgehead atoms. The highest BCUT2D eigenvalue weighted by molar-refractivity contribution is 7.99. The number of benzene rings is 2. The minimum absolute atomic E-state index is 0.122. The largest absolute Gasteiger partial charge is 0.452 e. The lowest BCUT2D eigenvalue weighted by Crippen LogP contribution is -2.38. The number of thioether (sulfide) groups is 1. The lowest BCUT2D eigenvalue weighted by Gasteiger charge is -2.28. The zero-order valence-corrected chi connectivity index (χ0v) is 14.8. The molecule has 1 aliphatic rings.